The molecule has 3 aliphatic rings. The normalized spacial score (nSPS) is 21.0. The van der Waals surface area contributed by atoms with Crippen LogP contribution in [0.25, 0.3) is 6.08 Å². The summed E-state index contributed by atoms with van der Waals surface area (Å²) < 4.78 is 22.4. The predicted molar refractivity (Wildman–Crippen MR) is 112 cm³/mol. The van der Waals surface area contributed by atoms with Crippen molar-refractivity contribution in [2.75, 3.05) is 26.3 Å². The van der Waals surface area contributed by atoms with Gasteiger partial charge in [0.25, 0.3) is 0 Å². The van der Waals surface area contributed by atoms with Gasteiger partial charge < -0.3 is 23.8 Å². The maximum atomic E-state index is 12.8. The molecule has 0 N–H and O–H groups in total. The minimum Gasteiger partial charge on any atom is -0.485 e. The van der Waals surface area contributed by atoms with Crippen LogP contribution in [-0.4, -0.2) is 49.2 Å². The van der Waals surface area contributed by atoms with Gasteiger partial charge in [-0.3, -0.25) is 4.79 Å². The van der Waals surface area contributed by atoms with Crippen molar-refractivity contribution in [3.63, 3.8) is 0 Å². The molecule has 158 valence electrons. The quantitative estimate of drug-likeness (QED) is 0.689. The molecule has 7 nitrogen and oxygen atoms in total. The largest absolute Gasteiger partial charge is 0.485 e. The first kappa shape index (κ1) is 19.4. The van der Waals surface area contributed by atoms with Gasteiger partial charge in [0.1, 0.15) is 23.4 Å². The number of hydrogen-bond donors (Lipinski definition) is 0. The fourth-order valence-electron chi connectivity index (χ4n) is 3.71. The molecule has 1 saturated heterocycles. The lowest BCUT2D eigenvalue weighted by Crippen LogP contribution is -2.42. The van der Waals surface area contributed by atoms with Crippen molar-refractivity contribution in [1.82, 2.24) is 4.90 Å². The number of carbonyl (C=O) groups is 2. The molecule has 1 atom stereocenters. The van der Waals surface area contributed by atoms with Crippen LogP contribution in [0.3, 0.4) is 0 Å². The van der Waals surface area contributed by atoms with E-state index < -0.39 is 6.09 Å². The average molecular weight is 419 g/mol. The van der Waals surface area contributed by atoms with Gasteiger partial charge in [0.15, 0.2) is 5.76 Å². The predicted octanol–water partition coefficient (Wildman–Crippen LogP) is 3.84. The zero-order valence-corrected chi connectivity index (χ0v) is 17.0. The molecule has 0 unspecified atom stereocenters. The summed E-state index contributed by atoms with van der Waals surface area (Å²) in [7, 11) is 0. The summed E-state index contributed by atoms with van der Waals surface area (Å²) in [6, 6.07) is 12.5. The number of fused-ring (bicyclic) bond motifs is 2. The Kier molecular flexibility index (Phi) is 4.95. The summed E-state index contributed by atoms with van der Waals surface area (Å²) >= 11 is 0. The molecule has 2 aromatic carbocycles. The van der Waals surface area contributed by atoms with Crippen molar-refractivity contribution in [2.24, 2.45) is 0 Å². The van der Waals surface area contributed by atoms with Crippen LogP contribution in [0.1, 0.15) is 22.8 Å². The topological polar surface area (TPSA) is 74.3 Å². The van der Waals surface area contributed by atoms with E-state index in [4.69, 9.17) is 18.9 Å². The number of carbonyl (C=O) groups excluding carboxylic acids is 2. The number of para-hydroxylation sites is 1. The third kappa shape index (κ3) is 3.80. The average Bonchev–Trinajstić information content (AvgIpc) is 3.09. The Morgan fingerprint density at radius 2 is 1.94 bits per heavy atom. The fourth-order valence-corrected chi connectivity index (χ4v) is 3.71. The molecule has 1 fully saturated rings. The van der Waals surface area contributed by atoms with E-state index in [2.05, 4.69) is 0 Å². The highest BCUT2D eigenvalue weighted by atomic mass is 16.6. The molecular formula is C24H21NO6. The molecular weight excluding hydrogens is 398 g/mol. The van der Waals surface area contributed by atoms with E-state index in [1.807, 2.05) is 37.3 Å². The summed E-state index contributed by atoms with van der Waals surface area (Å²) in [5, 5.41) is 0. The van der Waals surface area contributed by atoms with E-state index in [1.54, 1.807) is 29.2 Å². The van der Waals surface area contributed by atoms with E-state index in [9.17, 15) is 9.59 Å². The number of Topliss-reactive ketones (excluding diaryl/α,β-unsaturated/α-hetero) is 1. The molecule has 3 aliphatic heterocycles. The van der Waals surface area contributed by atoms with Crippen LogP contribution >= 0.6 is 0 Å². The van der Waals surface area contributed by atoms with Gasteiger partial charge in [-0.2, -0.15) is 0 Å². The van der Waals surface area contributed by atoms with Crippen LogP contribution in [0, 0.1) is 0 Å². The van der Waals surface area contributed by atoms with Gasteiger partial charge in [0.2, 0.25) is 5.78 Å². The maximum absolute atomic E-state index is 12.8. The molecule has 1 amide bonds. The summed E-state index contributed by atoms with van der Waals surface area (Å²) in [5.41, 5.74) is 2.23. The Hall–Kier alpha value is -3.58. The van der Waals surface area contributed by atoms with E-state index in [0.29, 0.717) is 43.4 Å². The number of nitrogens with zero attached hydrogens (tertiary/aromatic N) is 1. The smallest absolute Gasteiger partial charge is 0.415 e. The molecule has 0 aliphatic carbocycles. The van der Waals surface area contributed by atoms with Crippen LogP contribution in [0.2, 0.25) is 0 Å². The number of rotatable bonds is 2. The Morgan fingerprint density at radius 3 is 2.77 bits per heavy atom. The SMILES string of the molecule is C[C@H]1Oc2ccccc2C=C1/C=C1/Oc2cc(OC(=O)N3CCOCC3)ccc2C1=O. The van der Waals surface area contributed by atoms with E-state index in [1.165, 1.54) is 0 Å². The van der Waals surface area contributed by atoms with Crippen molar-refractivity contribution in [1.29, 1.82) is 0 Å². The van der Waals surface area contributed by atoms with Crippen molar-refractivity contribution in [3.05, 3.63) is 71.0 Å². The Balaban J connectivity index is 1.35. The van der Waals surface area contributed by atoms with Gasteiger partial charge in [-0.05, 0) is 42.8 Å². The lowest BCUT2D eigenvalue weighted by molar-refractivity contribution is 0.0416. The summed E-state index contributed by atoms with van der Waals surface area (Å²) in [4.78, 5) is 26.7. The van der Waals surface area contributed by atoms with Crippen LogP contribution in [0.4, 0.5) is 4.79 Å². The van der Waals surface area contributed by atoms with E-state index in [-0.39, 0.29) is 17.6 Å². The first-order valence-corrected chi connectivity index (χ1v) is 10.2. The Bertz CT molecular complexity index is 1110. The lowest BCUT2D eigenvalue weighted by Gasteiger charge is -2.25. The number of ether oxygens (including phenoxy) is 4. The first-order chi connectivity index (χ1) is 15.1. The Morgan fingerprint density at radius 1 is 1.13 bits per heavy atom. The fraction of sp³-hybridized carbons (Fsp3) is 0.250. The molecule has 2 aromatic rings. The van der Waals surface area contributed by atoms with Gasteiger partial charge in [-0.15, -0.1) is 0 Å². The van der Waals surface area contributed by atoms with Crippen LogP contribution < -0.4 is 14.2 Å². The van der Waals surface area contributed by atoms with E-state index >= 15 is 0 Å². The summed E-state index contributed by atoms with van der Waals surface area (Å²) in [6.45, 7) is 3.89. The highest BCUT2D eigenvalue weighted by Crippen LogP contribution is 2.36. The molecule has 3 heterocycles. The van der Waals surface area contributed by atoms with Crippen LogP contribution in [0.5, 0.6) is 17.2 Å². The van der Waals surface area contributed by atoms with Crippen LogP contribution in [0.15, 0.2) is 59.9 Å². The zero-order chi connectivity index (χ0) is 21.4. The van der Waals surface area contributed by atoms with Gasteiger partial charge in [-0.1, -0.05) is 18.2 Å². The van der Waals surface area contributed by atoms with Crippen molar-refractivity contribution < 1.29 is 28.5 Å². The van der Waals surface area contributed by atoms with Gasteiger partial charge >= 0.3 is 6.09 Å². The molecule has 0 spiro atoms. The molecule has 0 saturated carbocycles. The zero-order valence-electron chi connectivity index (χ0n) is 17.0. The third-order valence-corrected chi connectivity index (χ3v) is 5.43. The third-order valence-electron chi connectivity index (χ3n) is 5.43. The second-order valence-corrected chi connectivity index (χ2v) is 7.51. The number of morpholine rings is 1. The lowest BCUT2D eigenvalue weighted by atomic mass is 10.0. The minimum atomic E-state index is -0.444. The highest BCUT2D eigenvalue weighted by Gasteiger charge is 2.30. The standard InChI is InChI=1S/C24H21NO6/c1-15-17(12-16-4-2-3-5-20(16)29-15)13-22-23(26)19-7-6-18(14-21(19)31-22)30-24(27)25-8-10-28-11-9-25/h2-7,12-15H,8-11H2,1H3/b22-13+/t15-/m1/s1. The summed E-state index contributed by atoms with van der Waals surface area (Å²) in [6.07, 6.45) is 3.04. The molecule has 0 radical (unpaired) electrons. The first-order valence-electron chi connectivity index (χ1n) is 10.2. The number of benzene rings is 2. The second-order valence-electron chi connectivity index (χ2n) is 7.51. The minimum absolute atomic E-state index is 0.215. The molecule has 5 rings (SSSR count). The second kappa shape index (κ2) is 7.92. The molecule has 31 heavy (non-hydrogen) atoms. The summed E-state index contributed by atoms with van der Waals surface area (Å²) in [5.74, 6) is 1.51. The van der Waals surface area contributed by atoms with Crippen LogP contribution in [-0.2, 0) is 4.74 Å². The Labute approximate surface area is 179 Å². The maximum Gasteiger partial charge on any atom is 0.415 e. The monoisotopic (exact) mass is 419 g/mol. The van der Waals surface area contributed by atoms with Gasteiger partial charge in [-0.25, -0.2) is 4.79 Å². The van der Waals surface area contributed by atoms with Gasteiger partial charge in [0, 0.05) is 24.7 Å². The number of hydrogen-bond acceptors (Lipinski definition) is 6. The van der Waals surface area contributed by atoms with Crippen molar-refractivity contribution >= 4 is 18.0 Å². The molecule has 0 bridgehead atoms. The number of allylic oxidation sites excluding steroid dienone is 1. The van der Waals surface area contributed by atoms with Gasteiger partial charge in [0.05, 0.1) is 18.8 Å². The number of amides is 1. The number of ketones is 1. The highest BCUT2D eigenvalue weighted by molar-refractivity contribution is 6.12. The molecule has 0 aromatic heterocycles. The van der Waals surface area contributed by atoms with Crippen molar-refractivity contribution in [3.8, 4) is 17.2 Å². The molecule has 7 heteroatoms. The van der Waals surface area contributed by atoms with E-state index in [0.717, 1.165) is 16.9 Å². The van der Waals surface area contributed by atoms with Crippen molar-refractivity contribution in [2.45, 2.75) is 13.0 Å².